The standard InChI is InChI=1S/C21H28O2Si2/c1-7-25(8-2,9-3)21-17-16(20(21)24(4,5)6)18(22)14-12-10-11-13-15(14)19(17)23/h10-13H,7-9H2,1-6H3. The van der Waals surface area contributed by atoms with Gasteiger partial charge in [-0.25, -0.2) is 0 Å². The largest absolute Gasteiger partial charge is 0.289 e. The Bertz CT molecular complexity index is 1070. The Morgan fingerprint density at radius 1 is 0.720 bits per heavy atom. The van der Waals surface area contributed by atoms with Crippen LogP contribution in [0, 0.1) is 10.4 Å². The van der Waals surface area contributed by atoms with Gasteiger partial charge in [-0.05, 0) is 10.4 Å². The van der Waals surface area contributed by atoms with Crippen molar-refractivity contribution in [3.63, 3.8) is 0 Å². The second kappa shape index (κ2) is 6.02. The Balaban J connectivity index is 2.63. The highest BCUT2D eigenvalue weighted by Gasteiger charge is 2.40. The molecule has 0 bridgehead atoms. The normalized spacial score (nSPS) is 13.2. The topological polar surface area (TPSA) is 34.1 Å². The lowest BCUT2D eigenvalue weighted by molar-refractivity contribution is 1.19. The van der Waals surface area contributed by atoms with E-state index in [1.165, 1.54) is 10.4 Å². The van der Waals surface area contributed by atoms with Gasteiger partial charge in [0.25, 0.3) is 0 Å². The van der Waals surface area contributed by atoms with Crippen LogP contribution in [0.4, 0.5) is 0 Å². The Morgan fingerprint density at radius 2 is 1.12 bits per heavy atom. The summed E-state index contributed by atoms with van der Waals surface area (Å²) in [5.41, 5.74) is 0.173. The molecule has 0 unspecified atom stereocenters. The highest BCUT2D eigenvalue weighted by molar-refractivity contribution is 7.00. The molecule has 1 aromatic carbocycles. The summed E-state index contributed by atoms with van der Waals surface area (Å²) in [4.78, 5) is 26.5. The highest BCUT2D eigenvalue weighted by Crippen LogP contribution is 2.23. The zero-order valence-electron chi connectivity index (χ0n) is 16.2. The van der Waals surface area contributed by atoms with Crippen molar-refractivity contribution in [1.29, 1.82) is 0 Å². The Labute approximate surface area is 151 Å². The molecule has 132 valence electrons. The number of benzene rings is 1. The number of rotatable bonds is 5. The molecule has 0 amide bonds. The predicted molar refractivity (Wildman–Crippen MR) is 114 cm³/mol. The van der Waals surface area contributed by atoms with Gasteiger partial charge in [0.2, 0.25) is 0 Å². The number of hydrogen-bond acceptors (Lipinski definition) is 2. The van der Waals surface area contributed by atoms with Crippen molar-refractivity contribution in [1.82, 2.24) is 0 Å². The molecule has 0 aliphatic heterocycles. The third-order valence-electron chi connectivity index (χ3n) is 6.18. The molecule has 25 heavy (non-hydrogen) atoms. The number of hydrogen-bond donors (Lipinski definition) is 0. The summed E-state index contributed by atoms with van der Waals surface area (Å²) in [5, 5.41) is 5.46. The van der Waals surface area contributed by atoms with Gasteiger partial charge in [0.1, 0.15) is 0 Å². The quantitative estimate of drug-likeness (QED) is 0.647. The van der Waals surface area contributed by atoms with Crippen molar-refractivity contribution in [2.24, 2.45) is 0 Å². The van der Waals surface area contributed by atoms with Crippen LogP contribution < -0.4 is 21.2 Å². The summed E-state index contributed by atoms with van der Waals surface area (Å²) in [5.74, 6) is 0. The molecule has 2 aliphatic rings. The van der Waals surface area contributed by atoms with Gasteiger partial charge in [0.05, 0.1) is 16.1 Å². The molecule has 0 aromatic heterocycles. The fourth-order valence-corrected chi connectivity index (χ4v) is 12.4. The molecular formula is C21H28O2Si2. The van der Waals surface area contributed by atoms with Crippen molar-refractivity contribution < 1.29 is 0 Å². The third kappa shape index (κ3) is 2.41. The van der Waals surface area contributed by atoms with Crippen LogP contribution in [0.2, 0.25) is 37.8 Å². The van der Waals surface area contributed by atoms with Crippen LogP contribution in [-0.4, -0.2) is 16.1 Å². The average Bonchev–Trinajstić information content (AvgIpc) is 2.56. The average molecular weight is 369 g/mol. The molecule has 0 N–H and O–H groups in total. The van der Waals surface area contributed by atoms with E-state index in [0.29, 0.717) is 10.8 Å². The SMILES string of the molecule is CC[Si](CC)(CC)c1c([Si](C)(C)C)c2c(=O)c3ccccc3c(=O)c1=2. The van der Waals surface area contributed by atoms with E-state index in [0.717, 1.165) is 28.6 Å². The lowest BCUT2D eigenvalue weighted by Crippen LogP contribution is -2.66. The molecule has 2 nitrogen and oxygen atoms in total. The molecule has 0 radical (unpaired) electrons. The van der Waals surface area contributed by atoms with Gasteiger partial charge in [-0.15, -0.1) is 0 Å². The summed E-state index contributed by atoms with van der Waals surface area (Å²) < 4.78 is 0. The van der Waals surface area contributed by atoms with E-state index in [4.69, 9.17) is 0 Å². The van der Waals surface area contributed by atoms with Crippen molar-refractivity contribution in [3.05, 3.63) is 55.1 Å². The van der Waals surface area contributed by atoms with Crippen LogP contribution in [0.1, 0.15) is 20.8 Å². The minimum atomic E-state index is -1.72. The maximum Gasteiger partial charge on any atom is 0.194 e. The first-order valence-electron chi connectivity index (χ1n) is 9.42. The first-order valence-corrected chi connectivity index (χ1v) is 15.5. The summed E-state index contributed by atoms with van der Waals surface area (Å²) in [6.07, 6.45) is 0. The second-order valence-electron chi connectivity index (χ2n) is 8.29. The lowest BCUT2D eigenvalue weighted by atomic mass is 10.0. The molecule has 0 atom stereocenters. The first-order chi connectivity index (χ1) is 11.7. The van der Waals surface area contributed by atoms with Gasteiger partial charge in [-0.2, -0.15) is 0 Å². The van der Waals surface area contributed by atoms with Gasteiger partial charge < -0.3 is 0 Å². The van der Waals surface area contributed by atoms with Crippen LogP contribution in [0.15, 0.2) is 33.9 Å². The van der Waals surface area contributed by atoms with E-state index in [2.05, 4.69) is 40.4 Å². The highest BCUT2D eigenvalue weighted by atomic mass is 28.3. The monoisotopic (exact) mass is 368 g/mol. The van der Waals surface area contributed by atoms with Crippen molar-refractivity contribution in [3.8, 4) is 0 Å². The van der Waals surface area contributed by atoms with E-state index in [1.807, 2.05) is 24.3 Å². The second-order valence-corrected chi connectivity index (χ2v) is 18.5. The minimum absolute atomic E-state index is 0.0811. The summed E-state index contributed by atoms with van der Waals surface area (Å²) in [6, 6.07) is 10.8. The molecule has 3 rings (SSSR count). The van der Waals surface area contributed by atoms with Crippen molar-refractivity contribution in [2.75, 3.05) is 0 Å². The van der Waals surface area contributed by atoms with Crippen LogP contribution in [0.5, 0.6) is 0 Å². The van der Waals surface area contributed by atoms with Gasteiger partial charge in [0, 0.05) is 21.2 Å². The van der Waals surface area contributed by atoms with E-state index >= 15 is 0 Å². The minimum Gasteiger partial charge on any atom is -0.289 e. The van der Waals surface area contributed by atoms with Crippen molar-refractivity contribution in [2.45, 2.75) is 58.5 Å². The van der Waals surface area contributed by atoms with E-state index in [-0.39, 0.29) is 10.9 Å². The Kier molecular flexibility index (Phi) is 4.40. The fraction of sp³-hybridized carbons (Fsp3) is 0.429. The molecule has 2 aliphatic carbocycles. The molecule has 0 saturated heterocycles. The Morgan fingerprint density at radius 3 is 1.48 bits per heavy atom. The summed E-state index contributed by atoms with van der Waals surface area (Å²) in [7, 11) is -3.44. The maximum atomic E-state index is 13.3. The smallest absolute Gasteiger partial charge is 0.194 e. The van der Waals surface area contributed by atoms with E-state index in [1.54, 1.807) is 0 Å². The van der Waals surface area contributed by atoms with Gasteiger partial charge in [0.15, 0.2) is 10.9 Å². The van der Waals surface area contributed by atoms with Crippen molar-refractivity contribution >= 4 is 37.3 Å². The van der Waals surface area contributed by atoms with E-state index in [9.17, 15) is 9.59 Å². The van der Waals surface area contributed by atoms with Gasteiger partial charge in [-0.3, -0.25) is 9.59 Å². The van der Waals surface area contributed by atoms with Crippen LogP contribution in [0.3, 0.4) is 0 Å². The molecular weight excluding hydrogens is 340 g/mol. The molecule has 0 heterocycles. The molecule has 0 saturated carbocycles. The van der Waals surface area contributed by atoms with E-state index < -0.39 is 16.1 Å². The summed E-state index contributed by atoms with van der Waals surface area (Å²) >= 11 is 0. The summed E-state index contributed by atoms with van der Waals surface area (Å²) in [6.45, 7) is 13.8. The van der Waals surface area contributed by atoms with Gasteiger partial charge >= 0.3 is 0 Å². The number of fused-ring (bicyclic) bond motifs is 1. The molecule has 4 heteroatoms. The predicted octanol–water partition coefficient (Wildman–Crippen LogP) is 3.42. The fourth-order valence-electron chi connectivity index (χ4n) is 4.60. The first kappa shape index (κ1) is 18.3. The molecule has 0 spiro atoms. The molecule has 0 fully saturated rings. The van der Waals surface area contributed by atoms with Gasteiger partial charge in [-0.1, -0.05) is 82.8 Å². The lowest BCUT2D eigenvalue weighted by Gasteiger charge is -2.38. The van der Waals surface area contributed by atoms with Crippen LogP contribution >= 0.6 is 0 Å². The van der Waals surface area contributed by atoms with Crippen LogP contribution in [0.25, 0.3) is 10.8 Å². The molecule has 1 aromatic rings. The maximum absolute atomic E-state index is 13.3. The zero-order valence-corrected chi connectivity index (χ0v) is 18.2. The zero-order chi connectivity index (χ0) is 18.6. The van der Waals surface area contributed by atoms with Crippen LogP contribution in [-0.2, 0) is 0 Å². The third-order valence-corrected chi connectivity index (χ3v) is 14.1. The Hall–Kier alpha value is -1.53.